The van der Waals surface area contributed by atoms with E-state index >= 15 is 0 Å². The Balaban J connectivity index is 1.87. The van der Waals surface area contributed by atoms with Crippen LogP contribution in [-0.4, -0.2) is 25.2 Å². The van der Waals surface area contributed by atoms with Crippen molar-refractivity contribution in [2.45, 2.75) is 6.54 Å². The molecule has 0 amide bonds. The molecule has 2 heterocycles. The molecular weight excluding hydrogens is 262 g/mol. The highest BCUT2D eigenvalue weighted by molar-refractivity contribution is 7.07. The lowest BCUT2D eigenvalue weighted by Gasteiger charge is -2.24. The van der Waals surface area contributed by atoms with E-state index < -0.39 is 0 Å². The molecule has 0 fully saturated rings. The van der Waals surface area contributed by atoms with E-state index in [1.54, 1.807) is 11.3 Å². The van der Waals surface area contributed by atoms with Gasteiger partial charge in [0.2, 0.25) is 0 Å². The number of fused-ring (bicyclic) bond motifs is 1. The molecule has 0 unspecified atom stereocenters. The van der Waals surface area contributed by atoms with Gasteiger partial charge in [-0.3, -0.25) is 0 Å². The van der Waals surface area contributed by atoms with Crippen LogP contribution in [0.3, 0.4) is 0 Å². The van der Waals surface area contributed by atoms with Crippen LogP contribution in [0.5, 0.6) is 11.5 Å². The Bertz CT molecular complexity index is 572. The molecule has 3 rings (SSSR count). The van der Waals surface area contributed by atoms with Crippen LogP contribution in [-0.2, 0) is 6.54 Å². The zero-order chi connectivity index (χ0) is 13.2. The molecule has 1 aliphatic heterocycles. The van der Waals surface area contributed by atoms with Gasteiger partial charge in [-0.15, -0.1) is 11.3 Å². The highest BCUT2D eigenvalue weighted by atomic mass is 32.1. The Morgan fingerprint density at radius 1 is 1.32 bits per heavy atom. The molecule has 0 saturated heterocycles. The van der Waals surface area contributed by atoms with Crippen LogP contribution in [0.25, 0.3) is 0 Å². The third kappa shape index (κ3) is 2.44. The molecule has 2 aromatic rings. The predicted molar refractivity (Wildman–Crippen MR) is 76.1 cm³/mol. The molecule has 0 bridgehead atoms. The molecule has 0 aliphatic carbocycles. The third-order valence-corrected chi connectivity index (χ3v) is 3.62. The second-order valence-electron chi connectivity index (χ2n) is 4.39. The largest absolute Gasteiger partial charge is 0.486 e. The molecule has 1 aromatic carbocycles. The number of ether oxygens (including phenoxy) is 2. The minimum Gasteiger partial charge on any atom is -0.486 e. The summed E-state index contributed by atoms with van der Waals surface area (Å²) in [4.78, 5) is 6.34. The van der Waals surface area contributed by atoms with Gasteiger partial charge in [0.1, 0.15) is 13.2 Å². The third-order valence-electron chi connectivity index (χ3n) is 2.99. The van der Waals surface area contributed by atoms with Crippen LogP contribution >= 0.6 is 11.3 Å². The average molecular weight is 277 g/mol. The smallest absolute Gasteiger partial charge is 0.163 e. The number of hydrogen-bond donors (Lipinski definition) is 1. The van der Waals surface area contributed by atoms with E-state index in [-0.39, 0.29) is 0 Å². The van der Waals surface area contributed by atoms with Gasteiger partial charge in [0.05, 0.1) is 29.1 Å². The van der Waals surface area contributed by atoms with Gasteiger partial charge >= 0.3 is 0 Å². The van der Waals surface area contributed by atoms with E-state index in [1.165, 1.54) is 0 Å². The molecule has 1 aromatic heterocycles. The fourth-order valence-electron chi connectivity index (χ4n) is 2.07. The van der Waals surface area contributed by atoms with Crippen LogP contribution in [0.1, 0.15) is 5.69 Å². The number of aromatic nitrogens is 1. The summed E-state index contributed by atoms with van der Waals surface area (Å²) in [6.45, 7) is 1.86. The van der Waals surface area contributed by atoms with Crippen molar-refractivity contribution in [2.24, 2.45) is 0 Å². The normalized spacial score (nSPS) is 13.3. The van der Waals surface area contributed by atoms with Crippen LogP contribution in [0.2, 0.25) is 0 Å². The Hall–Kier alpha value is -1.95. The summed E-state index contributed by atoms with van der Waals surface area (Å²) in [6.07, 6.45) is 0. The fraction of sp³-hybridized carbons (Fsp3) is 0.308. The first-order chi connectivity index (χ1) is 9.24. The average Bonchev–Trinajstić information content (AvgIpc) is 2.90. The number of benzene rings is 1. The monoisotopic (exact) mass is 277 g/mol. The van der Waals surface area contributed by atoms with E-state index in [4.69, 9.17) is 15.2 Å². The number of rotatable bonds is 3. The summed E-state index contributed by atoms with van der Waals surface area (Å²) in [6, 6.07) is 3.75. The van der Waals surface area contributed by atoms with E-state index in [1.807, 2.05) is 30.1 Å². The maximum atomic E-state index is 6.08. The van der Waals surface area contributed by atoms with E-state index in [2.05, 4.69) is 9.88 Å². The number of nitrogens with zero attached hydrogens (tertiary/aromatic N) is 2. The lowest BCUT2D eigenvalue weighted by Crippen LogP contribution is -2.20. The van der Waals surface area contributed by atoms with Gasteiger partial charge in [0.15, 0.2) is 11.5 Å². The topological polar surface area (TPSA) is 60.6 Å². The first-order valence-electron chi connectivity index (χ1n) is 6.01. The van der Waals surface area contributed by atoms with Crippen molar-refractivity contribution in [1.29, 1.82) is 0 Å². The standard InChI is InChI=1S/C13H15N3O2S/c1-16(6-9-7-19-8-15-9)11-5-13-12(4-10(11)14)17-2-3-18-13/h4-5,7-8H,2-3,6,14H2,1H3. The predicted octanol–water partition coefficient (Wildman–Crippen LogP) is 2.13. The van der Waals surface area contributed by atoms with Crippen molar-refractivity contribution in [1.82, 2.24) is 4.98 Å². The van der Waals surface area contributed by atoms with Gasteiger partial charge in [0, 0.05) is 24.6 Å². The first-order valence-corrected chi connectivity index (χ1v) is 6.95. The Labute approximate surface area is 115 Å². The SMILES string of the molecule is CN(Cc1cscn1)c1cc2c(cc1N)OCCO2. The summed E-state index contributed by atoms with van der Waals surface area (Å²) >= 11 is 1.59. The molecule has 6 heteroatoms. The summed E-state index contributed by atoms with van der Waals surface area (Å²) in [5, 5.41) is 2.03. The maximum absolute atomic E-state index is 6.08. The van der Waals surface area contributed by atoms with E-state index in [9.17, 15) is 0 Å². The van der Waals surface area contributed by atoms with Crippen molar-refractivity contribution >= 4 is 22.7 Å². The molecular formula is C13H15N3O2S. The zero-order valence-electron chi connectivity index (χ0n) is 10.6. The quantitative estimate of drug-likeness (QED) is 0.871. The molecule has 0 saturated carbocycles. The van der Waals surface area contributed by atoms with Crippen molar-refractivity contribution in [3.05, 3.63) is 28.7 Å². The van der Waals surface area contributed by atoms with Crippen LogP contribution in [0.4, 0.5) is 11.4 Å². The fourth-order valence-corrected chi connectivity index (χ4v) is 2.62. The number of nitrogen functional groups attached to an aromatic ring is 1. The van der Waals surface area contributed by atoms with Gasteiger partial charge < -0.3 is 20.1 Å². The summed E-state index contributed by atoms with van der Waals surface area (Å²) in [5.74, 6) is 1.47. The van der Waals surface area contributed by atoms with Crippen LogP contribution in [0, 0.1) is 0 Å². The molecule has 0 radical (unpaired) electrons. The van der Waals surface area contributed by atoms with Gasteiger partial charge in [-0.1, -0.05) is 0 Å². The Morgan fingerprint density at radius 3 is 2.74 bits per heavy atom. The summed E-state index contributed by atoms with van der Waals surface area (Å²) < 4.78 is 11.1. The van der Waals surface area contributed by atoms with Gasteiger partial charge in [-0.25, -0.2) is 4.98 Å². The summed E-state index contributed by atoms with van der Waals surface area (Å²) in [7, 11) is 1.99. The summed E-state index contributed by atoms with van der Waals surface area (Å²) in [5.41, 5.74) is 10.5. The first kappa shape index (κ1) is 12.1. The molecule has 2 N–H and O–H groups in total. The van der Waals surface area contributed by atoms with Crippen LogP contribution < -0.4 is 20.1 Å². The van der Waals surface area contributed by atoms with E-state index in [0.29, 0.717) is 25.4 Å². The van der Waals surface area contributed by atoms with Crippen molar-refractivity contribution in [2.75, 3.05) is 30.9 Å². The van der Waals surface area contributed by atoms with Crippen molar-refractivity contribution in [3.63, 3.8) is 0 Å². The lowest BCUT2D eigenvalue weighted by atomic mass is 10.2. The molecule has 100 valence electrons. The Morgan fingerprint density at radius 2 is 2.05 bits per heavy atom. The number of hydrogen-bond acceptors (Lipinski definition) is 6. The van der Waals surface area contributed by atoms with E-state index in [0.717, 1.165) is 22.9 Å². The molecule has 0 atom stereocenters. The van der Waals surface area contributed by atoms with Crippen LogP contribution in [0.15, 0.2) is 23.0 Å². The number of thiazole rings is 1. The zero-order valence-corrected chi connectivity index (χ0v) is 11.4. The lowest BCUT2D eigenvalue weighted by molar-refractivity contribution is 0.172. The van der Waals surface area contributed by atoms with Gasteiger partial charge in [0.25, 0.3) is 0 Å². The minimum atomic E-state index is 0.570. The molecule has 0 spiro atoms. The molecule has 1 aliphatic rings. The maximum Gasteiger partial charge on any atom is 0.163 e. The van der Waals surface area contributed by atoms with Gasteiger partial charge in [-0.2, -0.15) is 0 Å². The van der Waals surface area contributed by atoms with Crippen molar-refractivity contribution < 1.29 is 9.47 Å². The Kier molecular flexibility index (Phi) is 3.16. The second kappa shape index (κ2) is 4.97. The molecule has 19 heavy (non-hydrogen) atoms. The second-order valence-corrected chi connectivity index (χ2v) is 5.11. The number of anilines is 2. The van der Waals surface area contributed by atoms with Crippen molar-refractivity contribution in [3.8, 4) is 11.5 Å². The highest BCUT2D eigenvalue weighted by Crippen LogP contribution is 2.38. The highest BCUT2D eigenvalue weighted by Gasteiger charge is 2.16. The molecule has 5 nitrogen and oxygen atoms in total. The van der Waals surface area contributed by atoms with Gasteiger partial charge in [-0.05, 0) is 0 Å². The number of nitrogens with two attached hydrogens (primary N) is 1. The minimum absolute atomic E-state index is 0.570.